The molecule has 194 valence electrons. The molecule has 2 N–H and O–H groups in total. The van der Waals surface area contributed by atoms with Gasteiger partial charge in [0.15, 0.2) is 0 Å². The van der Waals surface area contributed by atoms with Gasteiger partial charge in [-0.2, -0.15) is 13.2 Å². The Hall–Kier alpha value is -2.94. The number of alkyl halides is 3. The van der Waals surface area contributed by atoms with Crippen LogP contribution in [-0.4, -0.2) is 43.4 Å². The Morgan fingerprint density at radius 2 is 1.89 bits per heavy atom. The lowest BCUT2D eigenvalue weighted by Crippen LogP contribution is -2.35. The van der Waals surface area contributed by atoms with E-state index in [1.807, 2.05) is 11.9 Å². The zero-order valence-electron chi connectivity index (χ0n) is 19.9. The third-order valence-corrected chi connectivity index (χ3v) is 7.33. The van der Waals surface area contributed by atoms with Crippen molar-refractivity contribution in [3.8, 4) is 5.75 Å². The second-order valence-corrected chi connectivity index (χ2v) is 9.98. The topological polar surface area (TPSA) is 78.9 Å². The van der Waals surface area contributed by atoms with Gasteiger partial charge in [0.25, 0.3) is 0 Å². The lowest BCUT2D eigenvalue weighted by molar-refractivity contribution is -0.178. The maximum atomic E-state index is 13.9. The number of likely N-dealkylation sites (N-methyl/N-ethyl adjacent to an activating group) is 1. The average Bonchev–Trinajstić information content (AvgIpc) is 3.64. The largest absolute Gasteiger partial charge is 0.490 e. The molecule has 0 spiro atoms. The summed E-state index contributed by atoms with van der Waals surface area (Å²) < 4.78 is 47.2. The summed E-state index contributed by atoms with van der Waals surface area (Å²) in [5.41, 5.74) is 1.76. The van der Waals surface area contributed by atoms with Gasteiger partial charge in [0.05, 0.1) is 41.2 Å². The zero-order valence-corrected chi connectivity index (χ0v) is 20.7. The molecule has 4 rings (SSSR count). The van der Waals surface area contributed by atoms with Crippen molar-refractivity contribution in [2.75, 3.05) is 30.4 Å². The molecule has 0 saturated heterocycles. The first-order valence-electron chi connectivity index (χ1n) is 11.8. The fourth-order valence-electron chi connectivity index (χ4n) is 4.75. The molecule has 0 bridgehead atoms. The van der Waals surface area contributed by atoms with E-state index in [0.29, 0.717) is 24.5 Å². The van der Waals surface area contributed by atoms with Crippen LogP contribution in [0.25, 0.3) is 0 Å². The van der Waals surface area contributed by atoms with Gasteiger partial charge >= 0.3 is 12.1 Å². The maximum Gasteiger partial charge on any atom is 0.392 e. The summed E-state index contributed by atoms with van der Waals surface area (Å²) in [6, 6.07) is 9.49. The Balaban J connectivity index is 1.66. The maximum absolute atomic E-state index is 13.9. The number of fused-ring (bicyclic) bond motifs is 1. The lowest BCUT2D eigenvalue weighted by atomic mass is 9.85. The number of nitrogens with zero attached hydrogens (tertiary/aromatic N) is 1. The van der Waals surface area contributed by atoms with E-state index in [-0.39, 0.29) is 34.5 Å². The van der Waals surface area contributed by atoms with E-state index in [1.54, 1.807) is 18.2 Å². The minimum Gasteiger partial charge on any atom is -0.490 e. The number of carbonyl (C=O) groups excluding carboxylic acids is 1. The molecule has 0 unspecified atom stereocenters. The number of amides is 1. The van der Waals surface area contributed by atoms with Crippen LogP contribution in [0.4, 0.5) is 24.5 Å². The second kappa shape index (κ2) is 10.2. The number of carbonyl (C=O) groups is 2. The number of anilines is 2. The normalized spacial score (nSPS) is 18.0. The van der Waals surface area contributed by atoms with Crippen LogP contribution in [0, 0.1) is 11.8 Å². The number of nitrogens with one attached hydrogen (secondary N) is 1. The fourth-order valence-corrected chi connectivity index (χ4v) is 4.91. The summed E-state index contributed by atoms with van der Waals surface area (Å²) >= 11 is 6.30. The van der Waals surface area contributed by atoms with Gasteiger partial charge < -0.3 is 20.1 Å². The van der Waals surface area contributed by atoms with E-state index >= 15 is 0 Å². The van der Waals surface area contributed by atoms with Crippen LogP contribution in [0.1, 0.15) is 49.1 Å². The number of hydrogen-bond acceptors (Lipinski definition) is 4. The molecule has 1 aliphatic carbocycles. The fraction of sp³-hybridized carbons (Fsp3) is 0.462. The van der Waals surface area contributed by atoms with Gasteiger partial charge in [0.1, 0.15) is 12.4 Å². The number of aliphatic carboxylic acids is 1. The van der Waals surface area contributed by atoms with Crippen LogP contribution in [0.3, 0.4) is 0 Å². The molecular formula is C26H28ClF3N2O4. The van der Waals surface area contributed by atoms with E-state index in [9.17, 15) is 27.9 Å². The molecule has 1 aliphatic heterocycles. The molecule has 2 aliphatic rings. The first-order valence-corrected chi connectivity index (χ1v) is 12.2. The molecule has 1 amide bonds. The number of benzene rings is 2. The van der Waals surface area contributed by atoms with Crippen LogP contribution in [0.15, 0.2) is 36.4 Å². The van der Waals surface area contributed by atoms with Gasteiger partial charge in [-0.3, -0.25) is 9.59 Å². The van der Waals surface area contributed by atoms with E-state index in [2.05, 4.69) is 5.32 Å². The molecule has 1 fully saturated rings. The van der Waals surface area contributed by atoms with Crippen molar-refractivity contribution in [1.82, 2.24) is 0 Å². The molecule has 2 aromatic carbocycles. The van der Waals surface area contributed by atoms with Crippen molar-refractivity contribution in [2.45, 2.75) is 44.2 Å². The predicted molar refractivity (Wildman–Crippen MR) is 131 cm³/mol. The minimum absolute atomic E-state index is 0.0724. The van der Waals surface area contributed by atoms with Crippen molar-refractivity contribution in [3.05, 3.63) is 52.5 Å². The standard InChI is InChI=1S/C26H28ClF3N2O4/c1-14(26(28,29)30)24(17-6-8-21-22(12-17)36-10-9-32(21)2)25(35)31-20-11-16(5-7-19(20)27)18(13-23(33)34)15-3-4-15/h5-8,11-12,14-15,18,24H,3-4,9-10,13H2,1-2H3,(H,31,35)(H,33,34)/t14-,18+,24+/m1/s1. The quantitative estimate of drug-likeness (QED) is 0.439. The van der Waals surface area contributed by atoms with E-state index < -0.39 is 29.9 Å². The van der Waals surface area contributed by atoms with Gasteiger partial charge in [-0.05, 0) is 60.1 Å². The summed E-state index contributed by atoms with van der Waals surface area (Å²) in [7, 11) is 1.86. The zero-order chi connectivity index (χ0) is 26.2. The molecule has 0 aromatic heterocycles. The van der Waals surface area contributed by atoms with Crippen molar-refractivity contribution >= 4 is 34.9 Å². The lowest BCUT2D eigenvalue weighted by Gasteiger charge is -2.30. The van der Waals surface area contributed by atoms with Gasteiger partial charge in [0, 0.05) is 7.05 Å². The van der Waals surface area contributed by atoms with Gasteiger partial charge in [-0.25, -0.2) is 0 Å². The Labute approximate surface area is 212 Å². The smallest absolute Gasteiger partial charge is 0.392 e. The third-order valence-electron chi connectivity index (χ3n) is 7.00. The van der Waals surface area contributed by atoms with E-state index in [0.717, 1.165) is 25.5 Å². The van der Waals surface area contributed by atoms with Crippen LogP contribution in [0.5, 0.6) is 5.75 Å². The molecule has 2 aromatic rings. The minimum atomic E-state index is -4.63. The van der Waals surface area contributed by atoms with Crippen molar-refractivity contribution in [1.29, 1.82) is 0 Å². The molecule has 0 radical (unpaired) electrons. The number of rotatable bonds is 8. The van der Waals surface area contributed by atoms with Gasteiger partial charge in [-0.1, -0.05) is 30.7 Å². The number of hydrogen-bond donors (Lipinski definition) is 2. The summed E-state index contributed by atoms with van der Waals surface area (Å²) in [5, 5.41) is 12.1. The second-order valence-electron chi connectivity index (χ2n) is 9.58. The number of halogens is 4. The Bertz CT molecular complexity index is 1150. The first-order chi connectivity index (χ1) is 17.0. The first kappa shape index (κ1) is 26.1. The summed E-state index contributed by atoms with van der Waals surface area (Å²) in [5.74, 6) is -4.94. The van der Waals surface area contributed by atoms with Crippen molar-refractivity contribution < 1.29 is 32.6 Å². The summed E-state index contributed by atoms with van der Waals surface area (Å²) in [6.07, 6.45) is -2.89. The van der Waals surface area contributed by atoms with E-state index in [4.69, 9.17) is 16.3 Å². The molecule has 10 heteroatoms. The monoisotopic (exact) mass is 524 g/mol. The van der Waals surface area contributed by atoms with E-state index in [1.165, 1.54) is 18.2 Å². The number of carboxylic acids is 1. The molecule has 3 atom stereocenters. The third kappa shape index (κ3) is 5.72. The molecule has 1 heterocycles. The van der Waals surface area contributed by atoms with Gasteiger partial charge in [-0.15, -0.1) is 0 Å². The van der Waals surface area contributed by atoms with Crippen LogP contribution in [-0.2, 0) is 9.59 Å². The predicted octanol–water partition coefficient (Wildman–Crippen LogP) is 6.06. The van der Waals surface area contributed by atoms with Crippen LogP contribution in [0.2, 0.25) is 5.02 Å². The number of ether oxygens (including phenoxy) is 1. The highest BCUT2D eigenvalue weighted by Crippen LogP contribution is 2.46. The highest BCUT2D eigenvalue weighted by molar-refractivity contribution is 6.33. The Kier molecular flexibility index (Phi) is 7.41. The molecule has 1 saturated carbocycles. The summed E-state index contributed by atoms with van der Waals surface area (Å²) in [6.45, 7) is 2.01. The van der Waals surface area contributed by atoms with Crippen molar-refractivity contribution in [2.24, 2.45) is 11.8 Å². The summed E-state index contributed by atoms with van der Waals surface area (Å²) in [4.78, 5) is 26.7. The highest BCUT2D eigenvalue weighted by atomic mass is 35.5. The molecular weight excluding hydrogens is 497 g/mol. The highest BCUT2D eigenvalue weighted by Gasteiger charge is 2.45. The Morgan fingerprint density at radius 1 is 1.19 bits per heavy atom. The molecule has 6 nitrogen and oxygen atoms in total. The van der Waals surface area contributed by atoms with Crippen LogP contribution < -0.4 is 15.0 Å². The Morgan fingerprint density at radius 3 is 2.53 bits per heavy atom. The van der Waals surface area contributed by atoms with Crippen LogP contribution >= 0.6 is 11.6 Å². The van der Waals surface area contributed by atoms with Gasteiger partial charge in [0.2, 0.25) is 5.91 Å². The molecule has 36 heavy (non-hydrogen) atoms. The average molecular weight is 525 g/mol. The SMILES string of the molecule is C[C@H]([C@H](C(=O)Nc1cc([C@@H](CC(=O)O)C2CC2)ccc1Cl)c1ccc2c(c1)OCCN2C)C(F)(F)F. The van der Waals surface area contributed by atoms with Crippen molar-refractivity contribution in [3.63, 3.8) is 0 Å². The number of carboxylic acid groups (broad SMARTS) is 1.